The number of rotatable bonds is 9. The number of ether oxygens (including phenoxy) is 1. The molecule has 0 aliphatic rings. The number of halogens is 2. The summed E-state index contributed by atoms with van der Waals surface area (Å²) in [6, 6.07) is 8.04. The third kappa shape index (κ3) is 7.84. The van der Waals surface area contributed by atoms with Crippen molar-refractivity contribution in [3.63, 3.8) is 0 Å². The standard InChI is InChI=1S/C24H20F2N4O9S2/c1-12(22(31)29-24(27)28)6-13-7-19(25)21(20(26)8-13)39-16-2-4-17(5-3-16)40(34,35)30-15-9-14(23(32)33)10-18(11-15)41(36,37)38/h2-11,30H,1H3,(H,32,33)(H,36,37,38)(H4,27,28,29,31)/b12-6+. The number of carbonyl (C=O) groups excluding carboxylic acids is 1. The lowest BCUT2D eigenvalue weighted by Crippen LogP contribution is -2.24. The zero-order valence-corrected chi connectivity index (χ0v) is 22.3. The van der Waals surface area contributed by atoms with Gasteiger partial charge < -0.3 is 21.3 Å². The lowest BCUT2D eigenvalue weighted by Gasteiger charge is -2.12. The molecule has 0 heterocycles. The molecule has 3 rings (SSSR count). The monoisotopic (exact) mass is 610 g/mol. The van der Waals surface area contributed by atoms with Gasteiger partial charge in [0.05, 0.1) is 21.0 Å². The van der Waals surface area contributed by atoms with Gasteiger partial charge in [-0.15, -0.1) is 0 Å². The molecule has 0 spiro atoms. The molecule has 216 valence electrons. The van der Waals surface area contributed by atoms with E-state index in [1.54, 1.807) is 0 Å². The molecule has 0 unspecified atom stereocenters. The molecule has 0 aliphatic heterocycles. The molecular formula is C24H20F2N4O9S2. The van der Waals surface area contributed by atoms with Crippen molar-refractivity contribution in [2.45, 2.75) is 16.7 Å². The van der Waals surface area contributed by atoms with Crippen molar-refractivity contribution in [3.8, 4) is 11.5 Å². The van der Waals surface area contributed by atoms with Crippen LogP contribution in [0.3, 0.4) is 0 Å². The van der Waals surface area contributed by atoms with Crippen LogP contribution in [0, 0.1) is 11.6 Å². The summed E-state index contributed by atoms with van der Waals surface area (Å²) in [5.74, 6) is -6.19. The second-order valence-electron chi connectivity index (χ2n) is 8.19. The average Bonchev–Trinajstić information content (AvgIpc) is 2.85. The lowest BCUT2D eigenvalue weighted by atomic mass is 10.1. The molecule has 0 atom stereocenters. The first kappa shape index (κ1) is 30.7. The van der Waals surface area contributed by atoms with Crippen LogP contribution >= 0.6 is 0 Å². The Labute approximate surface area is 231 Å². The summed E-state index contributed by atoms with van der Waals surface area (Å²) in [6.45, 7) is 1.33. The summed E-state index contributed by atoms with van der Waals surface area (Å²) >= 11 is 0. The van der Waals surface area contributed by atoms with Gasteiger partial charge in [0.2, 0.25) is 0 Å². The minimum Gasteiger partial charge on any atom is -0.478 e. The van der Waals surface area contributed by atoms with Crippen molar-refractivity contribution in [2.24, 2.45) is 16.5 Å². The van der Waals surface area contributed by atoms with Crippen LogP contribution in [0.25, 0.3) is 6.08 Å². The molecule has 3 aromatic carbocycles. The van der Waals surface area contributed by atoms with E-state index in [1.807, 2.05) is 4.72 Å². The highest BCUT2D eigenvalue weighted by Crippen LogP contribution is 2.30. The molecular weight excluding hydrogens is 590 g/mol. The first-order valence-electron chi connectivity index (χ1n) is 10.9. The zero-order chi connectivity index (χ0) is 30.7. The van der Waals surface area contributed by atoms with Crippen LogP contribution in [0.5, 0.6) is 11.5 Å². The third-order valence-electron chi connectivity index (χ3n) is 5.03. The van der Waals surface area contributed by atoms with Crippen LogP contribution in [0.15, 0.2) is 75.0 Å². The largest absolute Gasteiger partial charge is 0.478 e. The Morgan fingerprint density at radius 3 is 2.05 bits per heavy atom. The van der Waals surface area contributed by atoms with Gasteiger partial charge in [-0.1, -0.05) is 0 Å². The first-order chi connectivity index (χ1) is 19.0. The minimum atomic E-state index is -4.87. The first-order valence-corrected chi connectivity index (χ1v) is 13.9. The number of nitrogens with two attached hydrogens (primary N) is 2. The molecule has 1 amide bonds. The molecule has 13 nitrogen and oxygen atoms in total. The van der Waals surface area contributed by atoms with Crippen molar-refractivity contribution in [1.29, 1.82) is 0 Å². The Hall–Kier alpha value is -4.87. The third-order valence-corrected chi connectivity index (χ3v) is 7.26. The highest BCUT2D eigenvalue weighted by Gasteiger charge is 2.20. The normalized spacial score (nSPS) is 12.0. The maximum absolute atomic E-state index is 14.6. The molecule has 0 radical (unpaired) electrons. The summed E-state index contributed by atoms with van der Waals surface area (Å²) in [5, 5.41) is 9.16. The van der Waals surface area contributed by atoms with Gasteiger partial charge in [0.1, 0.15) is 5.75 Å². The number of guanidine groups is 1. The Morgan fingerprint density at radius 1 is 0.951 bits per heavy atom. The Morgan fingerprint density at radius 2 is 1.54 bits per heavy atom. The number of amides is 1. The molecule has 0 fully saturated rings. The van der Waals surface area contributed by atoms with E-state index >= 15 is 0 Å². The summed E-state index contributed by atoms with van der Waals surface area (Å²) in [7, 11) is -9.31. The summed E-state index contributed by atoms with van der Waals surface area (Å²) in [5.41, 5.74) is 9.10. The molecule has 17 heteroatoms. The minimum absolute atomic E-state index is 0.0137. The second-order valence-corrected chi connectivity index (χ2v) is 11.3. The SMILES string of the molecule is C/C(=C\c1cc(F)c(Oc2ccc(S(=O)(=O)Nc3cc(C(=O)O)cc(S(=O)(=O)O)c3)cc2)c(F)c1)C(=O)N=C(N)N. The molecule has 0 aliphatic carbocycles. The van der Waals surface area contributed by atoms with Crippen LogP contribution in [0.4, 0.5) is 14.5 Å². The van der Waals surface area contributed by atoms with Gasteiger partial charge in [-0.05, 0) is 73.2 Å². The van der Waals surface area contributed by atoms with E-state index in [2.05, 4.69) is 4.99 Å². The number of carboxylic acids is 1. The number of aliphatic imine (C=N–C) groups is 1. The number of nitrogens with zero attached hydrogens (tertiary/aromatic N) is 1. The molecule has 41 heavy (non-hydrogen) atoms. The van der Waals surface area contributed by atoms with E-state index in [0.717, 1.165) is 48.5 Å². The van der Waals surface area contributed by atoms with Crippen LogP contribution in [0.1, 0.15) is 22.8 Å². The van der Waals surface area contributed by atoms with Crippen molar-refractivity contribution in [1.82, 2.24) is 0 Å². The fourth-order valence-electron chi connectivity index (χ4n) is 3.23. The maximum Gasteiger partial charge on any atom is 0.335 e. The molecule has 0 saturated carbocycles. The van der Waals surface area contributed by atoms with E-state index in [0.29, 0.717) is 12.1 Å². The molecule has 7 N–H and O–H groups in total. The van der Waals surface area contributed by atoms with E-state index in [9.17, 15) is 39.8 Å². The highest BCUT2D eigenvalue weighted by molar-refractivity contribution is 7.92. The fourth-order valence-corrected chi connectivity index (χ4v) is 4.82. The van der Waals surface area contributed by atoms with E-state index in [1.165, 1.54) is 6.92 Å². The lowest BCUT2D eigenvalue weighted by molar-refractivity contribution is -0.114. The number of benzene rings is 3. The number of carbonyl (C=O) groups is 2. The summed E-state index contributed by atoms with van der Waals surface area (Å²) in [4.78, 5) is 25.1. The maximum atomic E-state index is 14.6. The number of hydrogen-bond donors (Lipinski definition) is 5. The Balaban J connectivity index is 1.84. The van der Waals surface area contributed by atoms with Crippen LogP contribution in [-0.2, 0) is 24.9 Å². The predicted octanol–water partition coefficient (Wildman–Crippen LogP) is 2.71. The Bertz CT molecular complexity index is 1800. The van der Waals surface area contributed by atoms with Gasteiger partial charge in [-0.3, -0.25) is 14.1 Å². The zero-order valence-electron chi connectivity index (χ0n) is 20.7. The van der Waals surface area contributed by atoms with Crippen molar-refractivity contribution < 1.29 is 49.6 Å². The van der Waals surface area contributed by atoms with Crippen LogP contribution in [0.2, 0.25) is 0 Å². The number of sulfonamides is 1. The quantitative estimate of drug-likeness (QED) is 0.102. The van der Waals surface area contributed by atoms with Gasteiger partial charge in [-0.2, -0.15) is 13.4 Å². The van der Waals surface area contributed by atoms with Crippen molar-refractivity contribution in [3.05, 3.63) is 82.9 Å². The highest BCUT2D eigenvalue weighted by atomic mass is 32.2. The van der Waals surface area contributed by atoms with E-state index < -0.39 is 76.4 Å². The molecule has 0 bridgehead atoms. The smallest absolute Gasteiger partial charge is 0.335 e. The predicted molar refractivity (Wildman–Crippen MR) is 141 cm³/mol. The Kier molecular flexibility index (Phi) is 8.75. The number of aromatic carboxylic acids is 1. The fraction of sp³-hybridized carbons (Fsp3) is 0.0417. The van der Waals surface area contributed by atoms with Gasteiger partial charge in [0.15, 0.2) is 23.3 Å². The molecule has 0 saturated heterocycles. The number of hydrogen-bond acceptors (Lipinski definition) is 7. The molecule has 3 aromatic rings. The summed E-state index contributed by atoms with van der Waals surface area (Å²) < 4.78 is 94.1. The van der Waals surface area contributed by atoms with Gasteiger partial charge in [0, 0.05) is 5.57 Å². The van der Waals surface area contributed by atoms with E-state index in [4.69, 9.17) is 21.3 Å². The van der Waals surface area contributed by atoms with Crippen molar-refractivity contribution in [2.75, 3.05) is 4.72 Å². The topological polar surface area (TPSA) is 229 Å². The number of carboxylic acid groups (broad SMARTS) is 1. The van der Waals surface area contributed by atoms with Crippen molar-refractivity contribution >= 4 is 49.7 Å². The van der Waals surface area contributed by atoms with Gasteiger partial charge in [-0.25, -0.2) is 22.0 Å². The average molecular weight is 611 g/mol. The molecule has 0 aromatic heterocycles. The van der Waals surface area contributed by atoms with Crippen LogP contribution in [-0.4, -0.2) is 44.3 Å². The summed E-state index contributed by atoms with van der Waals surface area (Å²) in [6.07, 6.45) is 1.14. The second kappa shape index (κ2) is 11.7. The van der Waals surface area contributed by atoms with E-state index in [-0.39, 0.29) is 16.9 Å². The van der Waals surface area contributed by atoms with Gasteiger partial charge >= 0.3 is 5.97 Å². The van der Waals surface area contributed by atoms with Crippen LogP contribution < -0.4 is 20.9 Å². The van der Waals surface area contributed by atoms with Gasteiger partial charge in [0.25, 0.3) is 26.0 Å². The number of anilines is 1. The number of nitrogens with one attached hydrogen (secondary N) is 1.